The standard InChI is InChI=1S/C22H19BrN4O5/c23-12-1-3-16-14(9-12)17(25-24-16)10-19-20(29)13-2-4-18(28)15(21(13)32-19)11-26-5-7-27(8-6-26)22(30)31/h1-4,9-10,28H,5-8,11H2,(H,24,25)(H,30,31). The number of aromatic hydroxyl groups is 1. The molecule has 0 atom stereocenters. The summed E-state index contributed by atoms with van der Waals surface area (Å²) in [5.41, 5.74) is 2.31. The van der Waals surface area contributed by atoms with Gasteiger partial charge >= 0.3 is 6.09 Å². The van der Waals surface area contributed by atoms with Crippen molar-refractivity contribution >= 4 is 44.8 Å². The van der Waals surface area contributed by atoms with Crippen molar-refractivity contribution in [1.29, 1.82) is 0 Å². The van der Waals surface area contributed by atoms with E-state index in [9.17, 15) is 14.7 Å². The minimum atomic E-state index is -0.935. The maximum Gasteiger partial charge on any atom is 0.407 e. The van der Waals surface area contributed by atoms with Crippen molar-refractivity contribution in [2.45, 2.75) is 6.54 Å². The van der Waals surface area contributed by atoms with E-state index in [0.29, 0.717) is 55.3 Å². The van der Waals surface area contributed by atoms with Crippen LogP contribution in [0.2, 0.25) is 0 Å². The Morgan fingerprint density at radius 2 is 2.00 bits per heavy atom. The highest BCUT2D eigenvalue weighted by molar-refractivity contribution is 9.10. The number of nitrogens with zero attached hydrogens (tertiary/aromatic N) is 3. The number of aromatic nitrogens is 2. The third kappa shape index (κ3) is 3.61. The number of Topliss-reactive ketones (excluding diaryl/α,β-unsaturated/α-hetero) is 1. The van der Waals surface area contributed by atoms with Gasteiger partial charge in [0, 0.05) is 48.7 Å². The van der Waals surface area contributed by atoms with Gasteiger partial charge in [-0.25, -0.2) is 4.79 Å². The summed E-state index contributed by atoms with van der Waals surface area (Å²) in [4.78, 5) is 27.5. The summed E-state index contributed by atoms with van der Waals surface area (Å²) in [5, 5.41) is 27.7. The van der Waals surface area contributed by atoms with E-state index in [1.165, 1.54) is 11.0 Å². The van der Waals surface area contributed by atoms with E-state index in [-0.39, 0.29) is 17.3 Å². The molecule has 0 unspecified atom stereocenters. The predicted molar refractivity (Wildman–Crippen MR) is 120 cm³/mol. The van der Waals surface area contributed by atoms with Crippen molar-refractivity contribution in [1.82, 2.24) is 20.0 Å². The number of hydrogen-bond acceptors (Lipinski definition) is 6. The molecular weight excluding hydrogens is 480 g/mol. The number of fused-ring (bicyclic) bond motifs is 2. The number of phenols is 1. The molecule has 1 aromatic heterocycles. The Morgan fingerprint density at radius 3 is 2.75 bits per heavy atom. The first-order chi connectivity index (χ1) is 15.4. The molecule has 3 aromatic rings. The first-order valence-electron chi connectivity index (χ1n) is 10.0. The molecule has 9 nitrogen and oxygen atoms in total. The van der Waals surface area contributed by atoms with E-state index in [0.717, 1.165) is 15.4 Å². The van der Waals surface area contributed by atoms with Crippen LogP contribution in [0, 0.1) is 0 Å². The zero-order chi connectivity index (χ0) is 22.4. The number of ketones is 1. The van der Waals surface area contributed by atoms with Crippen LogP contribution in [0.3, 0.4) is 0 Å². The Hall–Kier alpha value is -3.37. The first-order valence-corrected chi connectivity index (χ1v) is 10.8. The average Bonchev–Trinajstić information content (AvgIpc) is 3.31. The molecule has 0 spiro atoms. The van der Waals surface area contributed by atoms with Gasteiger partial charge in [0.25, 0.3) is 0 Å². The van der Waals surface area contributed by atoms with Crippen LogP contribution in [0.1, 0.15) is 21.6 Å². The SMILES string of the molecule is O=C1C(=Cc2n[nH]c3ccc(Br)cc23)Oc2c1ccc(O)c2CN1CCN(C(=O)O)CC1. The average molecular weight is 499 g/mol. The minimum absolute atomic E-state index is 0.0348. The van der Waals surface area contributed by atoms with Crippen molar-refractivity contribution in [3.63, 3.8) is 0 Å². The number of rotatable bonds is 3. The highest BCUT2D eigenvalue weighted by Gasteiger charge is 2.32. The lowest BCUT2D eigenvalue weighted by atomic mass is 10.0. The summed E-state index contributed by atoms with van der Waals surface area (Å²) in [6.45, 7) is 2.18. The fourth-order valence-electron chi connectivity index (χ4n) is 4.01. The van der Waals surface area contributed by atoms with Gasteiger partial charge in [-0.2, -0.15) is 5.10 Å². The molecule has 164 valence electrons. The summed E-state index contributed by atoms with van der Waals surface area (Å²) in [5.74, 6) is 0.231. The van der Waals surface area contributed by atoms with Gasteiger partial charge in [0.15, 0.2) is 5.76 Å². The lowest BCUT2D eigenvalue weighted by Gasteiger charge is -2.33. The molecule has 1 amide bonds. The number of allylic oxidation sites excluding steroid dienone is 1. The van der Waals surface area contributed by atoms with E-state index in [1.54, 1.807) is 12.1 Å². The fourth-order valence-corrected chi connectivity index (χ4v) is 4.37. The number of benzene rings is 2. The fraction of sp³-hybridized carbons (Fsp3) is 0.227. The largest absolute Gasteiger partial charge is 0.507 e. The second-order valence-corrected chi connectivity index (χ2v) is 8.64. The number of carbonyl (C=O) groups is 2. The molecule has 0 bridgehead atoms. The van der Waals surface area contributed by atoms with Gasteiger partial charge in [-0.1, -0.05) is 15.9 Å². The maximum atomic E-state index is 13.0. The molecule has 0 saturated carbocycles. The van der Waals surface area contributed by atoms with Gasteiger partial charge in [-0.05, 0) is 30.3 Å². The van der Waals surface area contributed by atoms with E-state index < -0.39 is 6.09 Å². The van der Waals surface area contributed by atoms with Crippen LogP contribution in [0.4, 0.5) is 4.79 Å². The smallest absolute Gasteiger partial charge is 0.407 e. The van der Waals surface area contributed by atoms with Crippen molar-refractivity contribution in [3.8, 4) is 11.5 Å². The molecule has 2 aromatic carbocycles. The third-order valence-electron chi connectivity index (χ3n) is 5.76. The van der Waals surface area contributed by atoms with E-state index >= 15 is 0 Å². The van der Waals surface area contributed by atoms with Gasteiger partial charge in [-0.3, -0.25) is 14.8 Å². The zero-order valence-corrected chi connectivity index (χ0v) is 18.4. The van der Waals surface area contributed by atoms with Crippen molar-refractivity contribution in [2.24, 2.45) is 0 Å². The molecule has 5 rings (SSSR count). The Morgan fingerprint density at radius 1 is 1.22 bits per heavy atom. The van der Waals surface area contributed by atoms with Gasteiger partial charge in [-0.15, -0.1) is 0 Å². The second kappa shape index (κ2) is 7.95. The summed E-state index contributed by atoms with van der Waals surface area (Å²) < 4.78 is 6.83. The van der Waals surface area contributed by atoms with Gasteiger partial charge in [0.2, 0.25) is 5.78 Å². The van der Waals surface area contributed by atoms with Gasteiger partial charge < -0.3 is 19.8 Å². The second-order valence-electron chi connectivity index (χ2n) is 7.72. The summed E-state index contributed by atoms with van der Waals surface area (Å²) >= 11 is 3.45. The van der Waals surface area contributed by atoms with Crippen molar-refractivity contribution < 1.29 is 24.5 Å². The van der Waals surface area contributed by atoms with Crippen LogP contribution < -0.4 is 4.74 Å². The Kier molecular flexibility index (Phi) is 5.10. The highest BCUT2D eigenvalue weighted by Crippen LogP contribution is 2.40. The Balaban J connectivity index is 1.43. The van der Waals surface area contributed by atoms with Crippen LogP contribution >= 0.6 is 15.9 Å². The predicted octanol–water partition coefficient (Wildman–Crippen LogP) is 3.44. The van der Waals surface area contributed by atoms with Crippen LogP contribution in [0.25, 0.3) is 17.0 Å². The molecule has 1 saturated heterocycles. The number of phenolic OH excluding ortho intramolecular Hbond substituents is 1. The van der Waals surface area contributed by atoms with Crippen LogP contribution in [-0.2, 0) is 6.54 Å². The van der Waals surface area contributed by atoms with Gasteiger partial charge in [0.05, 0.1) is 22.3 Å². The number of ether oxygens (including phenoxy) is 1. The molecule has 2 aliphatic heterocycles. The van der Waals surface area contributed by atoms with Crippen LogP contribution in [0.15, 0.2) is 40.6 Å². The number of H-pyrrole nitrogens is 1. The number of amides is 1. The molecule has 2 aliphatic rings. The normalized spacial score (nSPS) is 17.7. The number of carbonyl (C=O) groups excluding carboxylic acids is 1. The highest BCUT2D eigenvalue weighted by atomic mass is 79.9. The summed E-state index contributed by atoms with van der Waals surface area (Å²) in [6, 6.07) is 8.74. The molecule has 0 aliphatic carbocycles. The molecule has 3 N–H and O–H groups in total. The number of aromatic amines is 1. The molecule has 1 fully saturated rings. The Bertz CT molecular complexity index is 1280. The number of carboxylic acid groups (broad SMARTS) is 1. The lowest BCUT2D eigenvalue weighted by Crippen LogP contribution is -2.47. The van der Waals surface area contributed by atoms with E-state index in [2.05, 4.69) is 26.1 Å². The molecule has 32 heavy (non-hydrogen) atoms. The number of piperazine rings is 1. The molecule has 10 heteroatoms. The monoisotopic (exact) mass is 498 g/mol. The minimum Gasteiger partial charge on any atom is -0.507 e. The summed E-state index contributed by atoms with van der Waals surface area (Å²) in [6.07, 6.45) is 0.662. The van der Waals surface area contributed by atoms with E-state index in [1.807, 2.05) is 23.1 Å². The van der Waals surface area contributed by atoms with E-state index in [4.69, 9.17) is 9.84 Å². The lowest BCUT2D eigenvalue weighted by molar-refractivity contribution is 0.101. The van der Waals surface area contributed by atoms with Gasteiger partial charge in [0.1, 0.15) is 11.5 Å². The first kappa shape index (κ1) is 20.5. The molecule has 0 radical (unpaired) electrons. The molecular formula is C22H19BrN4O5. The van der Waals surface area contributed by atoms with Crippen molar-refractivity contribution in [3.05, 3.63) is 57.4 Å². The maximum absolute atomic E-state index is 13.0. The summed E-state index contributed by atoms with van der Waals surface area (Å²) in [7, 11) is 0. The number of hydrogen-bond donors (Lipinski definition) is 3. The van der Waals surface area contributed by atoms with Crippen LogP contribution in [-0.4, -0.2) is 68.3 Å². The Labute approximate surface area is 191 Å². The van der Waals surface area contributed by atoms with Crippen molar-refractivity contribution in [2.75, 3.05) is 26.2 Å². The molecule has 3 heterocycles. The quantitative estimate of drug-likeness (QED) is 0.473. The van der Waals surface area contributed by atoms with Crippen LogP contribution in [0.5, 0.6) is 11.5 Å². The third-order valence-corrected chi connectivity index (χ3v) is 6.26. The topological polar surface area (TPSA) is 119 Å². The number of halogens is 1. The zero-order valence-electron chi connectivity index (χ0n) is 16.8. The number of nitrogens with one attached hydrogen (secondary N) is 1.